The molecule has 1 unspecified atom stereocenters. The molecular formula is C27H37N6O8P. The number of aliphatic hydroxyl groups is 2. The predicted molar refractivity (Wildman–Crippen MR) is 151 cm³/mol. The number of aromatic nitrogens is 3. The van der Waals surface area contributed by atoms with Crippen LogP contribution in [0.25, 0.3) is 5.52 Å². The number of para-hydroxylation sites is 1. The predicted octanol–water partition coefficient (Wildman–Crippen LogP) is 1.68. The van der Waals surface area contributed by atoms with Crippen LogP contribution in [0.2, 0.25) is 0 Å². The lowest BCUT2D eigenvalue weighted by atomic mass is 9.97. The molecule has 4 heterocycles. The van der Waals surface area contributed by atoms with Crippen molar-refractivity contribution >= 4 is 25.1 Å². The van der Waals surface area contributed by atoms with E-state index in [0.29, 0.717) is 24.1 Å². The number of carbonyl (C=O) groups is 1. The van der Waals surface area contributed by atoms with Crippen molar-refractivity contribution in [3.8, 4) is 5.75 Å². The number of hydrogen-bond acceptors (Lipinski definition) is 12. The van der Waals surface area contributed by atoms with Gasteiger partial charge >= 0.3 is 13.7 Å². The van der Waals surface area contributed by atoms with E-state index in [-0.39, 0.29) is 17.7 Å². The summed E-state index contributed by atoms with van der Waals surface area (Å²) >= 11 is 0. The fourth-order valence-electron chi connectivity index (χ4n) is 5.08. The van der Waals surface area contributed by atoms with Crippen LogP contribution in [0, 0.1) is 0 Å². The molecule has 5 rings (SSSR count). The molecule has 0 amide bonds. The number of hydrogen-bond donors (Lipinski definition) is 4. The van der Waals surface area contributed by atoms with E-state index in [1.807, 2.05) is 7.05 Å². The normalized spacial score (nSPS) is 27.5. The highest BCUT2D eigenvalue weighted by molar-refractivity contribution is 7.52. The standard InChI is InChI=1S/C27H37N6O8P/c1-17(26(36)39-18-11-13-32(3)14-12-18)31-42(37,41-19-7-5-4-6-8-19)38-15-27(2)24(35)22(34)23(40-27)20-9-10-21-25(28)29-16-30-33(20)21/h4-10,16-18,22-24,34-35H,11-15H2,1-3H3,(H,31,37)(H2,28,29,30)/t17-,22-,23-,24-,27+,42?/m0/s1. The number of benzene rings is 1. The van der Waals surface area contributed by atoms with Crippen molar-refractivity contribution in [2.24, 2.45) is 0 Å². The Hall–Kier alpha value is -3.10. The first-order valence-corrected chi connectivity index (χ1v) is 15.3. The van der Waals surface area contributed by atoms with Crippen LogP contribution in [0.15, 0.2) is 48.8 Å². The average Bonchev–Trinajstić information content (AvgIpc) is 3.49. The number of ether oxygens (including phenoxy) is 2. The largest absolute Gasteiger partial charge is 0.461 e. The van der Waals surface area contributed by atoms with Gasteiger partial charge in [0.15, 0.2) is 5.82 Å². The molecule has 0 saturated carbocycles. The molecule has 42 heavy (non-hydrogen) atoms. The monoisotopic (exact) mass is 604 g/mol. The SMILES string of the molecule is C[C@H](NP(=O)(OC[C@@]1(C)O[C@@H](c2ccc3c(N)ncnn23)[C@H](O)[C@@H]1O)Oc1ccccc1)C(=O)OC1CCN(C)CC1. The number of nitrogens with zero attached hydrogens (tertiary/aromatic N) is 4. The minimum absolute atomic E-state index is 0.233. The van der Waals surface area contributed by atoms with Gasteiger partial charge in [0.05, 0.1) is 12.3 Å². The van der Waals surface area contributed by atoms with Crippen LogP contribution in [-0.2, 0) is 23.4 Å². The van der Waals surface area contributed by atoms with E-state index in [1.54, 1.807) is 42.5 Å². The summed E-state index contributed by atoms with van der Waals surface area (Å²) in [5.41, 5.74) is 5.34. The Morgan fingerprint density at radius 2 is 1.95 bits per heavy atom. The van der Waals surface area contributed by atoms with Crippen molar-refractivity contribution in [2.45, 2.75) is 62.7 Å². The Labute approximate surface area is 243 Å². The molecule has 0 spiro atoms. The highest BCUT2D eigenvalue weighted by Crippen LogP contribution is 2.48. The minimum Gasteiger partial charge on any atom is -0.461 e. The number of nitrogens with two attached hydrogens (primary N) is 1. The molecule has 1 aromatic carbocycles. The molecule has 2 aromatic heterocycles. The van der Waals surface area contributed by atoms with Crippen LogP contribution in [-0.4, -0.2) is 92.4 Å². The molecule has 5 N–H and O–H groups in total. The number of esters is 1. The van der Waals surface area contributed by atoms with Gasteiger partial charge in [-0.25, -0.2) is 14.1 Å². The summed E-state index contributed by atoms with van der Waals surface area (Å²) in [7, 11) is -2.25. The Bertz CT molecular complexity index is 1430. The lowest BCUT2D eigenvalue weighted by Crippen LogP contribution is -2.45. The molecule has 2 aliphatic rings. The van der Waals surface area contributed by atoms with Gasteiger partial charge in [-0.2, -0.15) is 10.2 Å². The highest BCUT2D eigenvalue weighted by atomic mass is 31.2. The van der Waals surface area contributed by atoms with Crippen molar-refractivity contribution in [1.82, 2.24) is 24.6 Å². The van der Waals surface area contributed by atoms with Crippen LogP contribution >= 0.6 is 7.75 Å². The maximum atomic E-state index is 14.0. The fourth-order valence-corrected chi connectivity index (χ4v) is 6.67. The quantitative estimate of drug-likeness (QED) is 0.194. The Balaban J connectivity index is 1.31. The lowest BCUT2D eigenvalue weighted by molar-refractivity contribution is -0.152. The van der Waals surface area contributed by atoms with Gasteiger partial charge in [0.25, 0.3) is 0 Å². The second-order valence-corrected chi connectivity index (χ2v) is 12.6. The number of aliphatic hydroxyl groups excluding tert-OH is 2. The van der Waals surface area contributed by atoms with Gasteiger partial charge in [0.2, 0.25) is 0 Å². The average molecular weight is 605 g/mol. The summed E-state index contributed by atoms with van der Waals surface area (Å²) in [6.45, 7) is 4.19. The molecule has 228 valence electrons. The first kappa shape index (κ1) is 30.4. The molecule has 0 radical (unpaired) electrons. The van der Waals surface area contributed by atoms with E-state index in [0.717, 1.165) is 13.1 Å². The number of nitrogens with one attached hydrogen (secondary N) is 1. The van der Waals surface area contributed by atoms with Gasteiger partial charge in [0, 0.05) is 13.1 Å². The maximum Gasteiger partial charge on any atom is 0.459 e. The third-order valence-corrected chi connectivity index (χ3v) is 9.23. The van der Waals surface area contributed by atoms with Gasteiger partial charge in [-0.1, -0.05) is 18.2 Å². The summed E-state index contributed by atoms with van der Waals surface area (Å²) in [4.78, 5) is 19.0. The van der Waals surface area contributed by atoms with Gasteiger partial charge in [0.1, 0.15) is 53.7 Å². The molecule has 15 heteroatoms. The summed E-state index contributed by atoms with van der Waals surface area (Å²) in [5, 5.41) is 28.8. The van der Waals surface area contributed by atoms with E-state index in [2.05, 4.69) is 20.1 Å². The first-order chi connectivity index (χ1) is 20.0. The first-order valence-electron chi connectivity index (χ1n) is 13.8. The van der Waals surface area contributed by atoms with E-state index >= 15 is 0 Å². The zero-order valence-corrected chi connectivity index (χ0v) is 24.6. The smallest absolute Gasteiger partial charge is 0.459 e. The van der Waals surface area contributed by atoms with Gasteiger partial charge in [-0.15, -0.1) is 0 Å². The summed E-state index contributed by atoms with van der Waals surface area (Å²) in [6.07, 6.45) is -1.39. The Morgan fingerprint density at radius 1 is 1.24 bits per heavy atom. The maximum absolute atomic E-state index is 14.0. The number of nitrogen functional groups attached to an aromatic ring is 1. The number of likely N-dealkylation sites (tertiary alicyclic amines) is 1. The third kappa shape index (κ3) is 6.45. The molecule has 2 aliphatic heterocycles. The summed E-state index contributed by atoms with van der Waals surface area (Å²) in [6, 6.07) is 10.6. The molecule has 3 aromatic rings. The van der Waals surface area contributed by atoms with Crippen molar-refractivity contribution in [1.29, 1.82) is 0 Å². The van der Waals surface area contributed by atoms with Crippen molar-refractivity contribution < 1.29 is 38.1 Å². The van der Waals surface area contributed by atoms with Crippen molar-refractivity contribution in [3.05, 3.63) is 54.5 Å². The minimum atomic E-state index is -4.26. The van der Waals surface area contributed by atoms with E-state index in [4.69, 9.17) is 24.3 Å². The third-order valence-electron chi connectivity index (χ3n) is 7.60. The topological polar surface area (TPSA) is 183 Å². The van der Waals surface area contributed by atoms with Gasteiger partial charge < -0.3 is 34.8 Å². The Morgan fingerprint density at radius 3 is 2.67 bits per heavy atom. The fraction of sp³-hybridized carbons (Fsp3) is 0.519. The molecule has 2 fully saturated rings. The molecule has 6 atom stereocenters. The summed E-state index contributed by atoms with van der Waals surface area (Å²) < 4.78 is 38.8. The van der Waals surface area contributed by atoms with E-state index < -0.39 is 50.3 Å². The zero-order chi connectivity index (χ0) is 30.1. The molecule has 14 nitrogen and oxygen atoms in total. The number of piperidine rings is 1. The van der Waals surface area contributed by atoms with Crippen LogP contribution in [0.4, 0.5) is 5.82 Å². The number of carbonyl (C=O) groups excluding carboxylic acids is 1. The van der Waals surface area contributed by atoms with Crippen molar-refractivity contribution in [2.75, 3.05) is 32.5 Å². The molecule has 0 bridgehead atoms. The lowest BCUT2D eigenvalue weighted by Gasteiger charge is -2.31. The number of anilines is 1. The second-order valence-electron chi connectivity index (χ2n) is 11.0. The summed E-state index contributed by atoms with van der Waals surface area (Å²) in [5.74, 6) is -0.119. The van der Waals surface area contributed by atoms with Crippen LogP contribution in [0.1, 0.15) is 38.5 Å². The van der Waals surface area contributed by atoms with Crippen LogP contribution < -0.4 is 15.3 Å². The molecular weight excluding hydrogens is 567 g/mol. The molecule has 2 saturated heterocycles. The highest BCUT2D eigenvalue weighted by Gasteiger charge is 2.54. The van der Waals surface area contributed by atoms with Crippen LogP contribution in [0.3, 0.4) is 0 Å². The number of fused-ring (bicyclic) bond motifs is 1. The molecule has 0 aliphatic carbocycles. The zero-order valence-electron chi connectivity index (χ0n) is 23.7. The van der Waals surface area contributed by atoms with Crippen molar-refractivity contribution in [3.63, 3.8) is 0 Å². The Kier molecular flexibility index (Phi) is 8.86. The van der Waals surface area contributed by atoms with E-state index in [9.17, 15) is 19.6 Å². The second kappa shape index (κ2) is 12.3. The van der Waals surface area contributed by atoms with E-state index in [1.165, 1.54) is 24.7 Å². The number of rotatable bonds is 10. The van der Waals surface area contributed by atoms with Gasteiger partial charge in [-0.3, -0.25) is 9.32 Å². The van der Waals surface area contributed by atoms with Gasteiger partial charge in [-0.05, 0) is 58.0 Å². The van der Waals surface area contributed by atoms with Crippen LogP contribution in [0.5, 0.6) is 5.75 Å².